The summed E-state index contributed by atoms with van der Waals surface area (Å²) in [7, 11) is 1.97. The molecule has 0 unspecified atom stereocenters. The van der Waals surface area contributed by atoms with E-state index < -0.39 is 0 Å². The average Bonchev–Trinajstić information content (AvgIpc) is 2.72. The summed E-state index contributed by atoms with van der Waals surface area (Å²) in [5.74, 6) is -0.211. The van der Waals surface area contributed by atoms with Gasteiger partial charge in [0.25, 0.3) is 5.91 Å². The molecule has 0 atom stereocenters. The number of hydrogen-bond acceptors (Lipinski definition) is 3. The zero-order chi connectivity index (χ0) is 14.7. The highest BCUT2D eigenvalue weighted by molar-refractivity contribution is 6.01. The highest BCUT2D eigenvalue weighted by atomic mass is 16.5. The SMILES string of the molecule is Cc1cc(/C=C(/C#N)C(=O)N2CCOCC2)c(C)n1C. The molecule has 0 saturated carbocycles. The van der Waals surface area contributed by atoms with Gasteiger partial charge in [0.1, 0.15) is 11.6 Å². The lowest BCUT2D eigenvalue weighted by Gasteiger charge is -2.26. The maximum atomic E-state index is 12.3. The van der Waals surface area contributed by atoms with Crippen LogP contribution >= 0.6 is 0 Å². The van der Waals surface area contributed by atoms with Gasteiger partial charge in [0.2, 0.25) is 0 Å². The number of carbonyl (C=O) groups is 1. The summed E-state index contributed by atoms with van der Waals surface area (Å²) in [4.78, 5) is 14.0. The molecule has 1 aromatic rings. The molecule has 0 aromatic carbocycles. The first-order chi connectivity index (χ1) is 9.54. The van der Waals surface area contributed by atoms with Crippen molar-refractivity contribution in [3.8, 4) is 6.07 Å². The number of morpholine rings is 1. The van der Waals surface area contributed by atoms with Crippen LogP contribution in [0.3, 0.4) is 0 Å². The maximum Gasteiger partial charge on any atom is 0.264 e. The van der Waals surface area contributed by atoms with Crippen molar-refractivity contribution < 1.29 is 9.53 Å². The molecule has 1 saturated heterocycles. The van der Waals surface area contributed by atoms with Crippen molar-refractivity contribution in [3.05, 3.63) is 28.6 Å². The largest absolute Gasteiger partial charge is 0.378 e. The molecule has 20 heavy (non-hydrogen) atoms. The first kappa shape index (κ1) is 14.4. The van der Waals surface area contributed by atoms with Gasteiger partial charge in [0.05, 0.1) is 13.2 Å². The Morgan fingerprint density at radius 3 is 2.55 bits per heavy atom. The minimum Gasteiger partial charge on any atom is -0.378 e. The molecule has 106 valence electrons. The highest BCUT2D eigenvalue weighted by Crippen LogP contribution is 2.17. The molecule has 0 N–H and O–H groups in total. The molecule has 5 nitrogen and oxygen atoms in total. The van der Waals surface area contributed by atoms with Gasteiger partial charge in [-0.25, -0.2) is 0 Å². The van der Waals surface area contributed by atoms with Crippen LogP contribution in [-0.4, -0.2) is 41.7 Å². The Labute approximate surface area is 119 Å². The molecule has 2 rings (SSSR count). The Kier molecular flexibility index (Phi) is 4.26. The second kappa shape index (κ2) is 5.93. The van der Waals surface area contributed by atoms with Crippen LogP contribution in [0.4, 0.5) is 0 Å². The van der Waals surface area contributed by atoms with Gasteiger partial charge >= 0.3 is 0 Å². The van der Waals surface area contributed by atoms with E-state index in [1.165, 1.54) is 0 Å². The lowest BCUT2D eigenvalue weighted by Crippen LogP contribution is -2.41. The van der Waals surface area contributed by atoms with Gasteiger partial charge < -0.3 is 14.2 Å². The summed E-state index contributed by atoms with van der Waals surface area (Å²) < 4.78 is 7.26. The molecule has 0 radical (unpaired) electrons. The highest BCUT2D eigenvalue weighted by Gasteiger charge is 2.21. The van der Waals surface area contributed by atoms with Gasteiger partial charge in [-0.15, -0.1) is 0 Å². The van der Waals surface area contributed by atoms with Crippen LogP contribution in [0.5, 0.6) is 0 Å². The topological polar surface area (TPSA) is 58.3 Å². The number of rotatable bonds is 2. The van der Waals surface area contributed by atoms with Crippen molar-refractivity contribution >= 4 is 12.0 Å². The van der Waals surface area contributed by atoms with E-state index in [1.54, 1.807) is 11.0 Å². The number of amides is 1. The maximum absolute atomic E-state index is 12.3. The molecular formula is C15H19N3O2. The van der Waals surface area contributed by atoms with Crippen molar-refractivity contribution in [2.75, 3.05) is 26.3 Å². The first-order valence-corrected chi connectivity index (χ1v) is 6.66. The van der Waals surface area contributed by atoms with E-state index in [4.69, 9.17) is 4.74 Å². The summed E-state index contributed by atoms with van der Waals surface area (Å²) in [6, 6.07) is 4.01. The zero-order valence-corrected chi connectivity index (χ0v) is 12.1. The molecule has 1 aliphatic heterocycles. The second-order valence-corrected chi connectivity index (χ2v) is 4.96. The van der Waals surface area contributed by atoms with Crippen molar-refractivity contribution in [1.29, 1.82) is 5.26 Å². The number of nitrogens with zero attached hydrogens (tertiary/aromatic N) is 3. The monoisotopic (exact) mass is 273 g/mol. The van der Waals surface area contributed by atoms with Crippen LogP contribution < -0.4 is 0 Å². The van der Waals surface area contributed by atoms with Crippen molar-refractivity contribution in [1.82, 2.24) is 9.47 Å². The zero-order valence-electron chi connectivity index (χ0n) is 12.1. The van der Waals surface area contributed by atoms with E-state index in [9.17, 15) is 10.1 Å². The van der Waals surface area contributed by atoms with Gasteiger partial charge in [-0.05, 0) is 31.6 Å². The number of aryl methyl sites for hydroxylation is 1. The Bertz CT molecular complexity index is 587. The predicted octanol–water partition coefficient (Wildman–Crippen LogP) is 1.41. The first-order valence-electron chi connectivity index (χ1n) is 6.66. The molecular weight excluding hydrogens is 254 g/mol. The van der Waals surface area contributed by atoms with Gasteiger partial charge in [-0.1, -0.05) is 0 Å². The smallest absolute Gasteiger partial charge is 0.264 e. The molecule has 0 aliphatic carbocycles. The van der Waals surface area contributed by atoms with Gasteiger partial charge in [0, 0.05) is 31.5 Å². The van der Waals surface area contributed by atoms with Crippen LogP contribution in [0.25, 0.3) is 6.08 Å². The summed E-state index contributed by atoms with van der Waals surface area (Å²) in [6.45, 7) is 6.14. The van der Waals surface area contributed by atoms with Crippen molar-refractivity contribution in [3.63, 3.8) is 0 Å². The lowest BCUT2D eigenvalue weighted by atomic mass is 10.1. The van der Waals surface area contributed by atoms with Crippen LogP contribution in [0.15, 0.2) is 11.6 Å². The Hall–Kier alpha value is -2.06. The van der Waals surface area contributed by atoms with Gasteiger partial charge in [-0.3, -0.25) is 4.79 Å². The Balaban J connectivity index is 2.27. The quantitative estimate of drug-likeness (QED) is 0.604. The van der Waals surface area contributed by atoms with Crippen molar-refractivity contribution in [2.45, 2.75) is 13.8 Å². The molecule has 5 heteroatoms. The van der Waals surface area contributed by atoms with E-state index in [0.29, 0.717) is 26.3 Å². The number of ether oxygens (including phenoxy) is 1. The second-order valence-electron chi connectivity index (χ2n) is 4.96. The molecule has 2 heterocycles. The van der Waals surface area contributed by atoms with Crippen LogP contribution in [0.2, 0.25) is 0 Å². The van der Waals surface area contributed by atoms with E-state index in [2.05, 4.69) is 0 Å². The third kappa shape index (κ3) is 2.75. The fraction of sp³-hybridized carbons (Fsp3) is 0.467. The molecule has 0 spiro atoms. The van der Waals surface area contributed by atoms with Gasteiger partial charge in [0.15, 0.2) is 0 Å². The number of carbonyl (C=O) groups excluding carboxylic acids is 1. The fourth-order valence-corrected chi connectivity index (χ4v) is 2.26. The van der Waals surface area contributed by atoms with E-state index >= 15 is 0 Å². The molecule has 0 bridgehead atoms. The Morgan fingerprint density at radius 2 is 2.05 bits per heavy atom. The average molecular weight is 273 g/mol. The van der Waals surface area contributed by atoms with E-state index in [1.807, 2.05) is 37.6 Å². The number of nitriles is 1. The molecule has 1 fully saturated rings. The fourth-order valence-electron chi connectivity index (χ4n) is 2.26. The molecule has 1 aliphatic rings. The van der Waals surface area contributed by atoms with Crippen LogP contribution in [0, 0.1) is 25.2 Å². The summed E-state index contributed by atoms with van der Waals surface area (Å²) in [5.41, 5.74) is 3.25. The van der Waals surface area contributed by atoms with Gasteiger partial charge in [-0.2, -0.15) is 5.26 Å². The van der Waals surface area contributed by atoms with Crippen molar-refractivity contribution in [2.24, 2.45) is 7.05 Å². The Morgan fingerprint density at radius 1 is 1.40 bits per heavy atom. The summed E-state index contributed by atoms with van der Waals surface area (Å²) >= 11 is 0. The molecule has 1 amide bonds. The van der Waals surface area contributed by atoms with E-state index in [0.717, 1.165) is 17.0 Å². The lowest BCUT2D eigenvalue weighted by molar-refractivity contribution is -0.130. The summed E-state index contributed by atoms with van der Waals surface area (Å²) in [6.07, 6.45) is 1.68. The summed E-state index contributed by atoms with van der Waals surface area (Å²) in [5, 5.41) is 9.25. The minimum atomic E-state index is -0.211. The minimum absolute atomic E-state index is 0.181. The third-order valence-corrected chi connectivity index (χ3v) is 3.76. The third-order valence-electron chi connectivity index (χ3n) is 3.76. The number of aromatic nitrogens is 1. The standard InChI is InChI=1S/C15H19N3O2/c1-11-8-13(12(2)17(11)3)9-14(10-16)15(19)18-4-6-20-7-5-18/h8-9H,4-7H2,1-3H3/b14-9-. The van der Waals surface area contributed by atoms with Crippen LogP contribution in [-0.2, 0) is 16.6 Å². The normalized spacial score (nSPS) is 16.1. The van der Waals surface area contributed by atoms with Crippen LogP contribution in [0.1, 0.15) is 17.0 Å². The predicted molar refractivity (Wildman–Crippen MR) is 75.9 cm³/mol. The van der Waals surface area contributed by atoms with E-state index in [-0.39, 0.29) is 11.5 Å². The molecule has 1 aromatic heterocycles. The number of hydrogen-bond donors (Lipinski definition) is 0.